The Bertz CT molecular complexity index is 714. The lowest BCUT2D eigenvalue weighted by Gasteiger charge is -1.95. The van der Waals surface area contributed by atoms with Crippen molar-refractivity contribution in [3.63, 3.8) is 0 Å². The number of nitrogens with zero attached hydrogens (tertiary/aromatic N) is 2. The Morgan fingerprint density at radius 2 is 2.05 bits per heavy atom. The van der Waals surface area contributed by atoms with Gasteiger partial charge in [-0.3, -0.25) is 4.40 Å². The number of benzene rings is 1. The van der Waals surface area contributed by atoms with E-state index in [-0.39, 0.29) is 11.8 Å². The van der Waals surface area contributed by atoms with Gasteiger partial charge in [-0.05, 0) is 24.3 Å². The summed E-state index contributed by atoms with van der Waals surface area (Å²) in [5.41, 5.74) is 1.57. The molecule has 6 heteroatoms. The van der Waals surface area contributed by atoms with Gasteiger partial charge in [-0.1, -0.05) is 11.3 Å². The quantitative estimate of drug-likeness (QED) is 0.676. The van der Waals surface area contributed by atoms with Crippen molar-refractivity contribution < 1.29 is 13.9 Å². The molecule has 0 aliphatic carbocycles. The lowest BCUT2D eigenvalue weighted by atomic mass is 10.2. The third-order valence-electron chi connectivity index (χ3n) is 2.68. The number of aromatic nitrogens is 2. The van der Waals surface area contributed by atoms with E-state index in [9.17, 15) is 9.18 Å². The van der Waals surface area contributed by atoms with Crippen LogP contribution in [0.1, 0.15) is 9.67 Å². The molecule has 2 aromatic heterocycles. The minimum Gasteiger partial charge on any atom is -0.465 e. The monoisotopic (exact) mass is 276 g/mol. The second kappa shape index (κ2) is 4.47. The van der Waals surface area contributed by atoms with Crippen molar-refractivity contribution in [2.24, 2.45) is 0 Å². The average Bonchev–Trinajstić information content (AvgIpc) is 2.97. The van der Waals surface area contributed by atoms with Crippen molar-refractivity contribution in [1.82, 2.24) is 9.38 Å². The van der Waals surface area contributed by atoms with Crippen molar-refractivity contribution in [3.8, 4) is 11.3 Å². The largest absolute Gasteiger partial charge is 0.465 e. The van der Waals surface area contributed by atoms with Crippen LogP contribution in [0, 0.1) is 5.82 Å². The Balaban J connectivity index is 2.01. The summed E-state index contributed by atoms with van der Waals surface area (Å²) in [5.74, 6) is -0.656. The molecule has 0 saturated carbocycles. The molecule has 0 aliphatic rings. The fourth-order valence-corrected chi connectivity index (χ4v) is 2.63. The van der Waals surface area contributed by atoms with Gasteiger partial charge in [0.05, 0.1) is 12.8 Å². The number of ether oxygens (including phenoxy) is 1. The molecule has 19 heavy (non-hydrogen) atoms. The number of imidazole rings is 1. The zero-order valence-electron chi connectivity index (χ0n) is 9.96. The lowest BCUT2D eigenvalue weighted by molar-refractivity contribution is 0.0606. The molecule has 0 unspecified atom stereocenters. The number of methoxy groups -OCH3 is 1. The smallest absolute Gasteiger partial charge is 0.349 e. The van der Waals surface area contributed by atoms with Crippen LogP contribution in [-0.2, 0) is 4.74 Å². The average molecular weight is 276 g/mol. The van der Waals surface area contributed by atoms with Crippen LogP contribution in [0.15, 0.2) is 36.7 Å². The van der Waals surface area contributed by atoms with E-state index < -0.39 is 0 Å². The molecular formula is C13H9FN2O2S. The number of carbonyl (C=O) groups is 1. The number of hydrogen-bond donors (Lipinski definition) is 0. The molecule has 3 aromatic rings. The van der Waals surface area contributed by atoms with E-state index in [1.807, 2.05) is 0 Å². The molecule has 0 N–H and O–H groups in total. The van der Waals surface area contributed by atoms with Crippen molar-refractivity contribution in [3.05, 3.63) is 47.4 Å². The Morgan fingerprint density at radius 3 is 2.68 bits per heavy atom. The summed E-state index contributed by atoms with van der Waals surface area (Å²) in [7, 11) is 1.34. The minimum absolute atomic E-state index is 0.280. The predicted octanol–water partition coefficient (Wildman–Crippen LogP) is 2.99. The number of halogens is 1. The van der Waals surface area contributed by atoms with Crippen LogP contribution < -0.4 is 0 Å². The van der Waals surface area contributed by atoms with Crippen molar-refractivity contribution in [1.29, 1.82) is 0 Å². The van der Waals surface area contributed by atoms with E-state index >= 15 is 0 Å². The fourth-order valence-electron chi connectivity index (χ4n) is 1.75. The molecular weight excluding hydrogens is 267 g/mol. The number of carbonyl (C=O) groups excluding carboxylic acids is 1. The Labute approximate surface area is 112 Å². The molecule has 0 spiro atoms. The van der Waals surface area contributed by atoms with E-state index in [1.165, 1.54) is 30.6 Å². The van der Waals surface area contributed by atoms with E-state index in [0.29, 0.717) is 9.84 Å². The van der Waals surface area contributed by atoms with Gasteiger partial charge in [0.25, 0.3) is 0 Å². The summed E-state index contributed by atoms with van der Waals surface area (Å²) in [5, 5.41) is 0. The van der Waals surface area contributed by atoms with Gasteiger partial charge in [0.15, 0.2) is 4.96 Å². The standard InChI is InChI=1S/C13H9FN2O2S/c1-18-12(17)11-7-16-6-10(15-13(16)19-11)8-2-4-9(14)5-3-8/h2-7H,1H3. The third kappa shape index (κ3) is 2.10. The molecule has 0 bridgehead atoms. The first-order valence-electron chi connectivity index (χ1n) is 5.50. The summed E-state index contributed by atoms with van der Waals surface area (Å²) in [6, 6.07) is 6.12. The molecule has 96 valence electrons. The number of esters is 1. The van der Waals surface area contributed by atoms with Gasteiger partial charge >= 0.3 is 5.97 Å². The highest BCUT2D eigenvalue weighted by atomic mass is 32.1. The summed E-state index contributed by atoms with van der Waals surface area (Å²) in [6.45, 7) is 0. The normalized spacial score (nSPS) is 10.8. The Morgan fingerprint density at radius 1 is 1.32 bits per heavy atom. The molecule has 0 fully saturated rings. The molecule has 0 atom stereocenters. The number of thiazole rings is 1. The first-order chi connectivity index (χ1) is 9.17. The van der Waals surface area contributed by atoms with Gasteiger partial charge in [-0.15, -0.1) is 0 Å². The molecule has 0 amide bonds. The molecule has 2 heterocycles. The minimum atomic E-state index is -0.376. The van der Waals surface area contributed by atoms with Gasteiger partial charge in [-0.25, -0.2) is 14.2 Å². The highest BCUT2D eigenvalue weighted by Gasteiger charge is 2.13. The maximum Gasteiger partial charge on any atom is 0.349 e. The van der Waals surface area contributed by atoms with E-state index in [0.717, 1.165) is 11.3 Å². The van der Waals surface area contributed by atoms with Crippen LogP contribution in [0.2, 0.25) is 0 Å². The van der Waals surface area contributed by atoms with Crippen LogP contribution in [0.3, 0.4) is 0 Å². The molecule has 0 radical (unpaired) electrons. The SMILES string of the molecule is COC(=O)c1cn2cc(-c3ccc(F)cc3)nc2s1. The number of hydrogen-bond acceptors (Lipinski definition) is 4. The lowest BCUT2D eigenvalue weighted by Crippen LogP contribution is -1.97. The van der Waals surface area contributed by atoms with Gasteiger partial charge < -0.3 is 4.74 Å². The van der Waals surface area contributed by atoms with Gasteiger partial charge in [0, 0.05) is 18.0 Å². The topological polar surface area (TPSA) is 43.6 Å². The predicted molar refractivity (Wildman–Crippen MR) is 69.8 cm³/mol. The second-order valence-corrected chi connectivity index (χ2v) is 4.92. The molecule has 4 nitrogen and oxygen atoms in total. The number of fused-ring (bicyclic) bond motifs is 1. The summed E-state index contributed by atoms with van der Waals surface area (Å²) in [6.07, 6.45) is 3.47. The second-order valence-electron chi connectivity index (χ2n) is 3.91. The van der Waals surface area contributed by atoms with Crippen LogP contribution >= 0.6 is 11.3 Å². The highest BCUT2D eigenvalue weighted by Crippen LogP contribution is 2.24. The Hall–Kier alpha value is -2.21. The van der Waals surface area contributed by atoms with Gasteiger partial charge in [-0.2, -0.15) is 0 Å². The van der Waals surface area contributed by atoms with Gasteiger partial charge in [0.1, 0.15) is 10.7 Å². The van der Waals surface area contributed by atoms with E-state index in [1.54, 1.807) is 28.9 Å². The van der Waals surface area contributed by atoms with Crippen LogP contribution in [0.25, 0.3) is 16.2 Å². The first kappa shape index (κ1) is 11.9. The Kier molecular flexibility index (Phi) is 2.79. The molecule has 3 rings (SSSR count). The zero-order valence-corrected chi connectivity index (χ0v) is 10.8. The molecule has 1 aromatic carbocycles. The summed E-state index contributed by atoms with van der Waals surface area (Å²) >= 11 is 1.25. The summed E-state index contributed by atoms with van der Waals surface area (Å²) in [4.78, 5) is 17.0. The summed E-state index contributed by atoms with van der Waals surface area (Å²) < 4.78 is 19.3. The van der Waals surface area contributed by atoms with Gasteiger partial charge in [0.2, 0.25) is 0 Å². The maximum absolute atomic E-state index is 12.9. The van der Waals surface area contributed by atoms with Crippen molar-refractivity contribution >= 4 is 22.3 Å². The van der Waals surface area contributed by atoms with Crippen LogP contribution in [0.5, 0.6) is 0 Å². The molecule has 0 saturated heterocycles. The van der Waals surface area contributed by atoms with Crippen molar-refractivity contribution in [2.45, 2.75) is 0 Å². The zero-order chi connectivity index (χ0) is 13.4. The highest BCUT2D eigenvalue weighted by molar-refractivity contribution is 7.18. The van der Waals surface area contributed by atoms with E-state index in [2.05, 4.69) is 9.72 Å². The third-order valence-corrected chi connectivity index (χ3v) is 3.66. The fraction of sp³-hybridized carbons (Fsp3) is 0.0769. The number of rotatable bonds is 2. The van der Waals surface area contributed by atoms with Crippen molar-refractivity contribution in [2.75, 3.05) is 7.11 Å². The van der Waals surface area contributed by atoms with E-state index in [4.69, 9.17) is 0 Å². The maximum atomic E-state index is 12.9. The first-order valence-corrected chi connectivity index (χ1v) is 6.32. The molecule has 0 aliphatic heterocycles. The van der Waals surface area contributed by atoms with Crippen LogP contribution in [-0.4, -0.2) is 22.5 Å². The van der Waals surface area contributed by atoms with Crippen LogP contribution in [0.4, 0.5) is 4.39 Å².